The van der Waals surface area contributed by atoms with E-state index in [-0.39, 0.29) is 5.56 Å². The average molecular weight is 321 g/mol. The van der Waals surface area contributed by atoms with E-state index in [1.165, 1.54) is 6.07 Å². The number of nitrogens with zero attached hydrogens (tertiary/aromatic N) is 1. The van der Waals surface area contributed by atoms with Gasteiger partial charge in [0.1, 0.15) is 0 Å². The number of hydrogen-bond donors (Lipinski definition) is 1. The van der Waals surface area contributed by atoms with Gasteiger partial charge in [-0.3, -0.25) is 9.59 Å². The van der Waals surface area contributed by atoms with Crippen molar-refractivity contribution in [3.63, 3.8) is 0 Å². The van der Waals surface area contributed by atoms with Gasteiger partial charge >= 0.3 is 5.97 Å². The summed E-state index contributed by atoms with van der Waals surface area (Å²) in [4.78, 5) is 24.1. The molecule has 1 atom stereocenters. The summed E-state index contributed by atoms with van der Waals surface area (Å²) in [6, 6.07) is 17.0. The van der Waals surface area contributed by atoms with Gasteiger partial charge in [0.2, 0.25) is 0 Å². The number of benzene rings is 2. The van der Waals surface area contributed by atoms with Gasteiger partial charge in [-0.2, -0.15) is 0 Å². The van der Waals surface area contributed by atoms with Crippen molar-refractivity contribution in [1.82, 2.24) is 4.57 Å². The minimum Gasteiger partial charge on any atom is -0.481 e. The van der Waals surface area contributed by atoms with Crippen molar-refractivity contribution in [2.75, 3.05) is 0 Å². The van der Waals surface area contributed by atoms with E-state index in [0.29, 0.717) is 12.1 Å². The van der Waals surface area contributed by atoms with Gasteiger partial charge in [-0.05, 0) is 36.6 Å². The Morgan fingerprint density at radius 1 is 1.12 bits per heavy atom. The van der Waals surface area contributed by atoms with Crippen molar-refractivity contribution in [3.05, 3.63) is 81.6 Å². The van der Waals surface area contributed by atoms with Crippen LogP contribution in [0.3, 0.4) is 0 Å². The lowest BCUT2D eigenvalue weighted by molar-refractivity contribution is -0.138. The highest BCUT2D eigenvalue weighted by atomic mass is 16.4. The number of hydrogen-bond acceptors (Lipinski definition) is 2. The molecule has 1 N–H and O–H groups in total. The third-order valence-corrected chi connectivity index (χ3v) is 4.32. The molecule has 3 rings (SSSR count). The molecule has 0 bridgehead atoms. The number of aromatic nitrogens is 1. The molecule has 4 heteroatoms. The highest BCUT2D eigenvalue weighted by Crippen LogP contribution is 2.25. The molecule has 0 aliphatic heterocycles. The van der Waals surface area contributed by atoms with E-state index < -0.39 is 11.9 Å². The minimum absolute atomic E-state index is 0.181. The predicted octanol–water partition coefficient (Wildman–Crippen LogP) is 3.55. The topological polar surface area (TPSA) is 59.3 Å². The molecule has 4 nitrogen and oxygen atoms in total. The molecule has 0 saturated heterocycles. The zero-order chi connectivity index (χ0) is 17.3. The second-order valence-corrected chi connectivity index (χ2v) is 6.09. The second-order valence-electron chi connectivity index (χ2n) is 6.09. The number of fused-ring (bicyclic) bond motifs is 1. The lowest BCUT2D eigenvalue weighted by Crippen LogP contribution is -2.23. The monoisotopic (exact) mass is 321 g/mol. The van der Waals surface area contributed by atoms with Gasteiger partial charge in [0.25, 0.3) is 5.56 Å². The van der Waals surface area contributed by atoms with Crippen LogP contribution >= 0.6 is 0 Å². The molecule has 0 saturated carbocycles. The number of carboxylic acid groups (broad SMARTS) is 1. The predicted molar refractivity (Wildman–Crippen MR) is 94.5 cm³/mol. The summed E-state index contributed by atoms with van der Waals surface area (Å²) in [5, 5.41) is 10.1. The molecule has 3 aromatic rings. The highest BCUT2D eigenvalue weighted by molar-refractivity contribution is 5.89. The molecular formula is C20H19NO3. The normalized spacial score (nSPS) is 12.2. The summed E-state index contributed by atoms with van der Waals surface area (Å²) >= 11 is 0. The smallest absolute Gasteiger partial charge is 0.310 e. The molecule has 1 aromatic heterocycles. The lowest BCUT2D eigenvalue weighted by atomic mass is 9.96. The summed E-state index contributed by atoms with van der Waals surface area (Å²) in [7, 11) is 0. The van der Waals surface area contributed by atoms with Crippen LogP contribution < -0.4 is 5.56 Å². The molecule has 2 aromatic carbocycles. The van der Waals surface area contributed by atoms with Crippen molar-refractivity contribution in [2.45, 2.75) is 26.3 Å². The zero-order valence-electron chi connectivity index (χ0n) is 13.7. The maximum Gasteiger partial charge on any atom is 0.310 e. The molecule has 122 valence electrons. The van der Waals surface area contributed by atoms with E-state index in [1.54, 1.807) is 11.5 Å². The van der Waals surface area contributed by atoms with Gasteiger partial charge in [0, 0.05) is 11.5 Å². The molecular weight excluding hydrogens is 302 g/mol. The van der Waals surface area contributed by atoms with Gasteiger partial charge in [-0.15, -0.1) is 0 Å². The van der Waals surface area contributed by atoms with Crippen LogP contribution in [0.1, 0.15) is 29.5 Å². The van der Waals surface area contributed by atoms with Crippen LogP contribution in [0.5, 0.6) is 0 Å². The van der Waals surface area contributed by atoms with Crippen LogP contribution in [0.25, 0.3) is 10.9 Å². The molecule has 0 fully saturated rings. The van der Waals surface area contributed by atoms with E-state index >= 15 is 0 Å². The summed E-state index contributed by atoms with van der Waals surface area (Å²) in [6.45, 7) is 4.03. The first-order valence-electron chi connectivity index (χ1n) is 7.88. The molecule has 0 radical (unpaired) electrons. The Balaban J connectivity index is 2.25. The Kier molecular flexibility index (Phi) is 4.21. The SMILES string of the molecule is Cc1ccc2c(C(C)C(=O)O)cc(=O)n(Cc3ccccc3)c2c1. The fourth-order valence-electron chi connectivity index (χ4n) is 2.94. The van der Waals surface area contributed by atoms with Crippen LogP contribution in [0, 0.1) is 6.92 Å². The molecule has 1 heterocycles. The quantitative estimate of drug-likeness (QED) is 0.799. The van der Waals surface area contributed by atoms with Crippen molar-refractivity contribution in [2.24, 2.45) is 0 Å². The van der Waals surface area contributed by atoms with Crippen molar-refractivity contribution < 1.29 is 9.90 Å². The first-order chi connectivity index (χ1) is 11.5. The number of carbonyl (C=O) groups is 1. The average Bonchev–Trinajstić information content (AvgIpc) is 2.57. The summed E-state index contributed by atoms with van der Waals surface area (Å²) in [5.74, 6) is -1.66. The van der Waals surface area contributed by atoms with Crippen molar-refractivity contribution in [1.29, 1.82) is 0 Å². The van der Waals surface area contributed by atoms with Crippen LogP contribution in [-0.4, -0.2) is 15.6 Å². The minimum atomic E-state index is -0.933. The van der Waals surface area contributed by atoms with Crippen LogP contribution in [0.4, 0.5) is 0 Å². The first kappa shape index (κ1) is 16.0. The zero-order valence-corrected chi connectivity index (χ0v) is 13.7. The van der Waals surface area contributed by atoms with E-state index in [0.717, 1.165) is 22.0 Å². The Morgan fingerprint density at radius 3 is 2.50 bits per heavy atom. The number of aliphatic carboxylic acids is 1. The number of rotatable bonds is 4. The summed E-state index contributed by atoms with van der Waals surface area (Å²) in [6.07, 6.45) is 0. The van der Waals surface area contributed by atoms with Gasteiger partial charge < -0.3 is 9.67 Å². The Hall–Kier alpha value is -2.88. The van der Waals surface area contributed by atoms with Gasteiger partial charge in [0.05, 0.1) is 18.0 Å². The molecule has 0 aliphatic rings. The third kappa shape index (κ3) is 2.95. The maximum absolute atomic E-state index is 12.7. The molecule has 0 amide bonds. The van der Waals surface area contributed by atoms with E-state index in [9.17, 15) is 14.7 Å². The van der Waals surface area contributed by atoms with Crippen LogP contribution in [0.15, 0.2) is 59.4 Å². The van der Waals surface area contributed by atoms with Crippen molar-refractivity contribution >= 4 is 16.9 Å². The van der Waals surface area contributed by atoms with Gasteiger partial charge in [-0.1, -0.05) is 42.5 Å². The van der Waals surface area contributed by atoms with E-state index in [1.807, 2.05) is 55.5 Å². The van der Waals surface area contributed by atoms with Crippen LogP contribution in [-0.2, 0) is 11.3 Å². The number of aryl methyl sites for hydroxylation is 1. The Labute approximate surface area is 140 Å². The summed E-state index contributed by atoms with van der Waals surface area (Å²) < 4.78 is 1.70. The second kappa shape index (κ2) is 6.32. The first-order valence-corrected chi connectivity index (χ1v) is 7.88. The van der Waals surface area contributed by atoms with E-state index in [4.69, 9.17) is 0 Å². The van der Waals surface area contributed by atoms with Gasteiger partial charge in [0.15, 0.2) is 0 Å². The molecule has 0 spiro atoms. The standard InChI is InChI=1S/C20H19NO3/c1-13-8-9-16-17(14(2)20(23)24)11-19(22)21(18(16)10-13)12-15-6-4-3-5-7-15/h3-11,14H,12H2,1-2H3,(H,23,24). The number of pyridine rings is 1. The van der Waals surface area contributed by atoms with Crippen molar-refractivity contribution in [3.8, 4) is 0 Å². The van der Waals surface area contributed by atoms with Crippen LogP contribution in [0.2, 0.25) is 0 Å². The molecule has 1 unspecified atom stereocenters. The molecule has 24 heavy (non-hydrogen) atoms. The Bertz CT molecular complexity index is 958. The maximum atomic E-state index is 12.7. The third-order valence-electron chi connectivity index (χ3n) is 4.32. The highest BCUT2D eigenvalue weighted by Gasteiger charge is 2.19. The van der Waals surface area contributed by atoms with Gasteiger partial charge in [-0.25, -0.2) is 0 Å². The van der Waals surface area contributed by atoms with E-state index in [2.05, 4.69) is 0 Å². The summed E-state index contributed by atoms with van der Waals surface area (Å²) in [5.41, 5.74) is 3.21. The number of carboxylic acids is 1. The lowest BCUT2D eigenvalue weighted by Gasteiger charge is -2.16. The fourth-order valence-corrected chi connectivity index (χ4v) is 2.94. The Morgan fingerprint density at radius 2 is 1.83 bits per heavy atom. The largest absolute Gasteiger partial charge is 0.481 e. The fraction of sp³-hybridized carbons (Fsp3) is 0.200. The molecule has 0 aliphatic carbocycles.